The molecule has 0 aliphatic carbocycles. The second kappa shape index (κ2) is 6.25. The number of aromatic nitrogens is 2. The summed E-state index contributed by atoms with van der Waals surface area (Å²) in [6.45, 7) is 0. The predicted octanol–water partition coefficient (Wildman–Crippen LogP) is 4.28. The van der Waals surface area contributed by atoms with E-state index in [1.807, 2.05) is 6.07 Å². The van der Waals surface area contributed by atoms with E-state index in [1.54, 1.807) is 48.8 Å². The Hall–Kier alpha value is -2.61. The van der Waals surface area contributed by atoms with Crippen molar-refractivity contribution in [1.29, 1.82) is 5.26 Å². The van der Waals surface area contributed by atoms with E-state index in [0.29, 0.717) is 32.4 Å². The Labute approximate surface area is 142 Å². The number of hydrogen-bond acceptors (Lipinski definition) is 3. The van der Waals surface area contributed by atoms with Crippen LogP contribution in [0, 0.1) is 11.3 Å². The van der Waals surface area contributed by atoms with Gasteiger partial charge in [0.15, 0.2) is 0 Å². The number of pyridine rings is 2. The van der Waals surface area contributed by atoms with E-state index >= 15 is 0 Å². The van der Waals surface area contributed by atoms with Crippen LogP contribution in [0.25, 0.3) is 22.4 Å². The quantitative estimate of drug-likeness (QED) is 0.756. The molecule has 0 saturated heterocycles. The lowest BCUT2D eigenvalue weighted by Crippen LogP contribution is -2.12. The van der Waals surface area contributed by atoms with Gasteiger partial charge in [0.1, 0.15) is 11.6 Å². The fourth-order valence-corrected chi connectivity index (χ4v) is 2.54. The highest BCUT2D eigenvalue weighted by Crippen LogP contribution is 2.29. The van der Waals surface area contributed by atoms with E-state index in [2.05, 4.69) is 9.97 Å². The SMILES string of the molecule is N#Cc1c(-c2cccnc2)cc(-c2ccc(Cl)c(Cl)c2)[nH]c1=O. The summed E-state index contributed by atoms with van der Waals surface area (Å²) in [5.41, 5.74) is 2.04. The Bertz CT molecular complexity index is 975. The van der Waals surface area contributed by atoms with E-state index in [9.17, 15) is 10.1 Å². The number of H-pyrrole nitrogens is 1. The van der Waals surface area contributed by atoms with Crippen molar-refractivity contribution in [1.82, 2.24) is 9.97 Å². The number of rotatable bonds is 2. The van der Waals surface area contributed by atoms with Crippen molar-refractivity contribution < 1.29 is 0 Å². The lowest BCUT2D eigenvalue weighted by molar-refractivity contribution is 1.21. The van der Waals surface area contributed by atoms with Gasteiger partial charge < -0.3 is 4.98 Å². The Morgan fingerprint density at radius 3 is 2.57 bits per heavy atom. The second-order valence-corrected chi connectivity index (χ2v) is 5.60. The molecule has 23 heavy (non-hydrogen) atoms. The molecular formula is C17H9Cl2N3O. The minimum Gasteiger partial charge on any atom is -0.321 e. The lowest BCUT2D eigenvalue weighted by Gasteiger charge is -2.08. The van der Waals surface area contributed by atoms with Crippen LogP contribution in [0.3, 0.4) is 0 Å². The third kappa shape index (κ3) is 2.98. The molecule has 0 radical (unpaired) electrons. The highest BCUT2D eigenvalue weighted by Gasteiger charge is 2.13. The normalized spacial score (nSPS) is 10.3. The highest BCUT2D eigenvalue weighted by molar-refractivity contribution is 6.42. The molecule has 3 rings (SSSR count). The van der Waals surface area contributed by atoms with Crippen LogP contribution >= 0.6 is 23.2 Å². The summed E-state index contributed by atoms with van der Waals surface area (Å²) in [5, 5.41) is 10.1. The highest BCUT2D eigenvalue weighted by atomic mass is 35.5. The van der Waals surface area contributed by atoms with Gasteiger partial charge in [-0.05, 0) is 29.8 Å². The molecule has 0 amide bonds. The van der Waals surface area contributed by atoms with E-state index in [0.717, 1.165) is 0 Å². The van der Waals surface area contributed by atoms with Crippen LogP contribution in [0.2, 0.25) is 10.0 Å². The molecule has 0 aliphatic heterocycles. The maximum Gasteiger partial charge on any atom is 0.266 e. The van der Waals surface area contributed by atoms with Crippen LogP contribution in [-0.4, -0.2) is 9.97 Å². The van der Waals surface area contributed by atoms with Gasteiger partial charge in [0.25, 0.3) is 5.56 Å². The molecule has 0 aliphatic rings. The van der Waals surface area contributed by atoms with Gasteiger partial charge in [0.05, 0.1) is 10.0 Å². The van der Waals surface area contributed by atoms with Crippen LogP contribution in [0.15, 0.2) is 53.6 Å². The number of halogens is 2. The zero-order chi connectivity index (χ0) is 16.4. The number of hydrogen-bond donors (Lipinski definition) is 1. The Kier molecular flexibility index (Phi) is 4.16. The van der Waals surface area contributed by atoms with Gasteiger partial charge in [-0.15, -0.1) is 0 Å². The standard InChI is InChI=1S/C17H9Cl2N3O/c18-14-4-3-10(6-15(14)19)16-7-12(11-2-1-5-21-9-11)13(8-20)17(23)22-16/h1-7,9H,(H,22,23). The largest absolute Gasteiger partial charge is 0.321 e. The van der Waals surface area contributed by atoms with Crippen molar-refractivity contribution in [2.75, 3.05) is 0 Å². The summed E-state index contributed by atoms with van der Waals surface area (Å²) < 4.78 is 0. The van der Waals surface area contributed by atoms with Crippen molar-refractivity contribution in [3.8, 4) is 28.5 Å². The molecule has 3 aromatic rings. The first kappa shape index (κ1) is 15.3. The fourth-order valence-electron chi connectivity index (χ4n) is 2.24. The summed E-state index contributed by atoms with van der Waals surface area (Å²) in [6.07, 6.45) is 3.23. The van der Waals surface area contributed by atoms with E-state index < -0.39 is 5.56 Å². The third-order valence-electron chi connectivity index (χ3n) is 3.35. The maximum absolute atomic E-state index is 12.2. The fraction of sp³-hybridized carbons (Fsp3) is 0. The van der Waals surface area contributed by atoms with E-state index in [1.165, 1.54) is 0 Å². The third-order valence-corrected chi connectivity index (χ3v) is 4.09. The Morgan fingerprint density at radius 2 is 1.91 bits per heavy atom. The number of nitrogens with zero attached hydrogens (tertiary/aromatic N) is 2. The summed E-state index contributed by atoms with van der Waals surface area (Å²) in [6, 6.07) is 12.3. The van der Waals surface area contributed by atoms with Gasteiger partial charge in [-0.1, -0.05) is 35.3 Å². The first-order chi connectivity index (χ1) is 11.1. The molecule has 112 valence electrons. The van der Waals surface area contributed by atoms with Gasteiger partial charge in [0, 0.05) is 29.2 Å². The van der Waals surface area contributed by atoms with Gasteiger partial charge >= 0.3 is 0 Å². The molecule has 0 atom stereocenters. The molecule has 2 aromatic heterocycles. The molecule has 2 heterocycles. The van der Waals surface area contributed by atoms with Gasteiger partial charge in [-0.3, -0.25) is 9.78 Å². The Balaban J connectivity index is 2.25. The summed E-state index contributed by atoms with van der Waals surface area (Å²) in [4.78, 5) is 19.0. The van der Waals surface area contributed by atoms with Gasteiger partial charge in [-0.2, -0.15) is 5.26 Å². The van der Waals surface area contributed by atoms with Crippen LogP contribution in [0.1, 0.15) is 5.56 Å². The van der Waals surface area contributed by atoms with Crippen molar-refractivity contribution >= 4 is 23.2 Å². The predicted molar refractivity (Wildman–Crippen MR) is 90.5 cm³/mol. The number of nitrogens with one attached hydrogen (secondary N) is 1. The number of aromatic amines is 1. The molecular weight excluding hydrogens is 333 g/mol. The average Bonchev–Trinajstić information content (AvgIpc) is 2.57. The van der Waals surface area contributed by atoms with Crippen LogP contribution in [-0.2, 0) is 0 Å². The van der Waals surface area contributed by atoms with Crippen LogP contribution < -0.4 is 5.56 Å². The minimum atomic E-state index is -0.463. The first-order valence-electron chi connectivity index (χ1n) is 6.63. The van der Waals surface area contributed by atoms with Crippen molar-refractivity contribution in [2.24, 2.45) is 0 Å². The van der Waals surface area contributed by atoms with Gasteiger partial charge in [0.2, 0.25) is 0 Å². The molecule has 4 nitrogen and oxygen atoms in total. The van der Waals surface area contributed by atoms with Gasteiger partial charge in [-0.25, -0.2) is 0 Å². The smallest absolute Gasteiger partial charge is 0.266 e. The summed E-state index contributed by atoms with van der Waals surface area (Å²) >= 11 is 12.0. The second-order valence-electron chi connectivity index (χ2n) is 4.78. The molecule has 1 N–H and O–H groups in total. The van der Waals surface area contributed by atoms with Crippen molar-refractivity contribution in [3.05, 3.63) is 74.8 Å². The molecule has 6 heteroatoms. The number of benzene rings is 1. The Morgan fingerprint density at radius 1 is 1.09 bits per heavy atom. The van der Waals surface area contributed by atoms with Crippen LogP contribution in [0.5, 0.6) is 0 Å². The minimum absolute atomic E-state index is 0.0433. The molecule has 0 spiro atoms. The van der Waals surface area contributed by atoms with Crippen LogP contribution in [0.4, 0.5) is 0 Å². The van der Waals surface area contributed by atoms with E-state index in [4.69, 9.17) is 23.2 Å². The zero-order valence-corrected chi connectivity index (χ0v) is 13.2. The molecule has 0 bridgehead atoms. The maximum atomic E-state index is 12.2. The zero-order valence-electron chi connectivity index (χ0n) is 11.7. The lowest BCUT2D eigenvalue weighted by atomic mass is 10.0. The summed E-state index contributed by atoms with van der Waals surface area (Å²) in [5.74, 6) is 0. The number of nitriles is 1. The molecule has 0 fully saturated rings. The van der Waals surface area contributed by atoms with E-state index in [-0.39, 0.29) is 5.56 Å². The van der Waals surface area contributed by atoms with Crippen molar-refractivity contribution in [3.63, 3.8) is 0 Å². The molecule has 1 aromatic carbocycles. The molecule has 0 unspecified atom stereocenters. The van der Waals surface area contributed by atoms with Crippen molar-refractivity contribution in [2.45, 2.75) is 0 Å². The summed E-state index contributed by atoms with van der Waals surface area (Å²) in [7, 11) is 0. The topological polar surface area (TPSA) is 69.5 Å². The average molecular weight is 342 g/mol. The first-order valence-corrected chi connectivity index (χ1v) is 7.39. The monoisotopic (exact) mass is 341 g/mol. The molecule has 0 saturated carbocycles.